The van der Waals surface area contributed by atoms with Gasteiger partial charge in [-0.05, 0) is 30.2 Å². The molecule has 29 heavy (non-hydrogen) atoms. The van der Waals surface area contributed by atoms with Gasteiger partial charge in [-0.25, -0.2) is 4.99 Å². The molecule has 0 aromatic heterocycles. The highest BCUT2D eigenvalue weighted by Crippen LogP contribution is 2.13. The van der Waals surface area contributed by atoms with Crippen LogP contribution in [0.15, 0.2) is 53.5 Å². The van der Waals surface area contributed by atoms with E-state index in [0.717, 1.165) is 16.9 Å². The highest BCUT2D eigenvalue weighted by atomic mass is 127. The summed E-state index contributed by atoms with van der Waals surface area (Å²) in [5, 5.41) is 17.3. The molecule has 9 heteroatoms. The summed E-state index contributed by atoms with van der Waals surface area (Å²) >= 11 is 0. The number of nitro groups is 1. The van der Waals surface area contributed by atoms with Gasteiger partial charge in [0.05, 0.1) is 25.2 Å². The molecule has 0 heterocycles. The first-order valence-corrected chi connectivity index (χ1v) is 8.92. The van der Waals surface area contributed by atoms with Gasteiger partial charge in [-0.15, -0.1) is 24.0 Å². The van der Waals surface area contributed by atoms with E-state index in [-0.39, 0.29) is 35.7 Å². The van der Waals surface area contributed by atoms with Crippen LogP contribution >= 0.6 is 24.0 Å². The van der Waals surface area contributed by atoms with Crippen LogP contribution in [0.25, 0.3) is 0 Å². The predicted octanol–water partition coefficient (Wildman–Crippen LogP) is 3.49. The molecule has 0 spiro atoms. The number of non-ortho nitro benzene ring substituents is 1. The summed E-state index contributed by atoms with van der Waals surface area (Å²) in [4.78, 5) is 15.0. The summed E-state index contributed by atoms with van der Waals surface area (Å²) in [5.74, 6) is 1.44. The lowest BCUT2D eigenvalue weighted by Crippen LogP contribution is -2.43. The van der Waals surface area contributed by atoms with E-state index in [4.69, 9.17) is 9.47 Å². The third-order valence-corrected chi connectivity index (χ3v) is 3.99. The molecule has 2 N–H and O–H groups in total. The van der Waals surface area contributed by atoms with Crippen LogP contribution in [0.3, 0.4) is 0 Å². The Kier molecular flexibility index (Phi) is 11.0. The Morgan fingerprint density at radius 3 is 2.28 bits per heavy atom. The Labute approximate surface area is 187 Å². The number of hydrogen-bond donors (Lipinski definition) is 2. The van der Waals surface area contributed by atoms with Crippen LogP contribution in [0.2, 0.25) is 0 Å². The summed E-state index contributed by atoms with van der Waals surface area (Å²) in [6, 6.07) is 14.2. The number of nitrogens with zero attached hydrogens (tertiary/aromatic N) is 2. The number of methoxy groups -OCH3 is 2. The average Bonchev–Trinajstić information content (AvgIpc) is 2.71. The maximum absolute atomic E-state index is 10.8. The number of nitrogens with one attached hydrogen (secondary N) is 2. The van der Waals surface area contributed by atoms with Crippen LogP contribution in [-0.2, 0) is 17.8 Å². The molecule has 2 aromatic rings. The van der Waals surface area contributed by atoms with Crippen molar-refractivity contribution in [3.05, 3.63) is 69.8 Å². The molecule has 2 aromatic carbocycles. The topological polar surface area (TPSA) is 98.0 Å². The minimum absolute atomic E-state index is 0. The molecule has 0 radical (unpaired) electrons. The lowest BCUT2D eigenvalue weighted by Gasteiger charge is -2.18. The van der Waals surface area contributed by atoms with Crippen LogP contribution in [0.4, 0.5) is 5.69 Å². The standard InChI is InChI=1S/C20H26N4O4.HI/c1-15(14-27-2)23-20(22-13-17-6-10-19(28-3)11-7-17)21-12-16-4-8-18(9-5-16)24(25)26;/h4-11,15H,12-14H2,1-3H3,(H2,21,22,23);1H. The number of rotatable bonds is 9. The van der Waals surface area contributed by atoms with Gasteiger partial charge in [-0.1, -0.05) is 24.3 Å². The number of guanidine groups is 1. The van der Waals surface area contributed by atoms with Crippen molar-refractivity contribution in [1.29, 1.82) is 0 Å². The second-order valence-corrected chi connectivity index (χ2v) is 6.29. The van der Waals surface area contributed by atoms with Crippen molar-refractivity contribution in [3.8, 4) is 5.75 Å². The molecule has 2 rings (SSSR count). The number of hydrogen-bond acceptors (Lipinski definition) is 5. The van der Waals surface area contributed by atoms with E-state index in [0.29, 0.717) is 25.7 Å². The second kappa shape index (κ2) is 12.9. The first-order valence-electron chi connectivity index (χ1n) is 8.92. The number of nitro benzene ring substituents is 1. The van der Waals surface area contributed by atoms with E-state index in [1.807, 2.05) is 31.2 Å². The molecule has 0 aliphatic heterocycles. The van der Waals surface area contributed by atoms with E-state index in [9.17, 15) is 10.1 Å². The molecule has 0 bridgehead atoms. The van der Waals surface area contributed by atoms with Gasteiger partial charge in [-0.2, -0.15) is 0 Å². The predicted molar refractivity (Wildman–Crippen MR) is 124 cm³/mol. The Balaban J connectivity index is 0.00000420. The van der Waals surface area contributed by atoms with Crippen molar-refractivity contribution in [1.82, 2.24) is 10.6 Å². The Bertz CT molecular complexity index is 782. The summed E-state index contributed by atoms with van der Waals surface area (Å²) in [7, 11) is 3.28. The molecule has 158 valence electrons. The Hall–Kier alpha value is -2.40. The van der Waals surface area contributed by atoms with E-state index < -0.39 is 4.92 Å². The molecule has 1 atom stereocenters. The lowest BCUT2D eigenvalue weighted by atomic mass is 10.2. The third-order valence-electron chi connectivity index (χ3n) is 3.99. The quantitative estimate of drug-likeness (QED) is 0.175. The second-order valence-electron chi connectivity index (χ2n) is 6.29. The average molecular weight is 514 g/mol. The highest BCUT2D eigenvalue weighted by Gasteiger charge is 2.07. The van der Waals surface area contributed by atoms with Gasteiger partial charge in [0.2, 0.25) is 0 Å². The van der Waals surface area contributed by atoms with Gasteiger partial charge in [0.1, 0.15) is 5.75 Å². The minimum atomic E-state index is -0.410. The van der Waals surface area contributed by atoms with E-state index in [1.54, 1.807) is 26.4 Å². The molecular formula is C20H27IN4O4. The van der Waals surface area contributed by atoms with Crippen LogP contribution in [0.5, 0.6) is 5.75 Å². The first kappa shape index (κ1) is 24.6. The zero-order chi connectivity index (χ0) is 20.4. The maximum atomic E-state index is 10.8. The molecule has 1 unspecified atom stereocenters. The van der Waals surface area contributed by atoms with Crippen LogP contribution in [0, 0.1) is 10.1 Å². The fraction of sp³-hybridized carbons (Fsp3) is 0.350. The number of aliphatic imine (C=N–C) groups is 1. The molecule has 0 saturated heterocycles. The normalized spacial score (nSPS) is 11.9. The van der Waals surface area contributed by atoms with Gasteiger partial charge in [0.25, 0.3) is 5.69 Å². The molecule has 8 nitrogen and oxygen atoms in total. The monoisotopic (exact) mass is 514 g/mol. The summed E-state index contributed by atoms with van der Waals surface area (Å²) < 4.78 is 10.3. The summed E-state index contributed by atoms with van der Waals surface area (Å²) in [6.07, 6.45) is 0. The van der Waals surface area contributed by atoms with Crippen molar-refractivity contribution in [3.63, 3.8) is 0 Å². The molecule has 0 amide bonds. The van der Waals surface area contributed by atoms with Crippen molar-refractivity contribution < 1.29 is 14.4 Å². The van der Waals surface area contributed by atoms with Crippen molar-refractivity contribution in [2.24, 2.45) is 4.99 Å². The zero-order valence-corrected chi connectivity index (χ0v) is 19.1. The largest absolute Gasteiger partial charge is 0.497 e. The first-order chi connectivity index (χ1) is 13.5. The fourth-order valence-corrected chi connectivity index (χ4v) is 2.50. The number of halogens is 1. The summed E-state index contributed by atoms with van der Waals surface area (Å²) in [6.45, 7) is 3.53. The number of ether oxygens (including phenoxy) is 2. The van der Waals surface area contributed by atoms with Crippen molar-refractivity contribution in [2.75, 3.05) is 20.8 Å². The van der Waals surface area contributed by atoms with E-state index in [2.05, 4.69) is 15.6 Å². The molecule has 0 saturated carbocycles. The molecular weight excluding hydrogens is 487 g/mol. The minimum Gasteiger partial charge on any atom is -0.497 e. The van der Waals surface area contributed by atoms with Crippen LogP contribution in [-0.4, -0.2) is 37.8 Å². The van der Waals surface area contributed by atoms with Gasteiger partial charge >= 0.3 is 0 Å². The fourth-order valence-electron chi connectivity index (χ4n) is 2.50. The molecule has 0 fully saturated rings. The maximum Gasteiger partial charge on any atom is 0.269 e. The Morgan fingerprint density at radius 2 is 1.72 bits per heavy atom. The number of benzene rings is 2. The molecule has 0 aliphatic rings. The lowest BCUT2D eigenvalue weighted by molar-refractivity contribution is -0.384. The van der Waals surface area contributed by atoms with Gasteiger partial charge < -0.3 is 20.1 Å². The zero-order valence-electron chi connectivity index (χ0n) is 16.8. The molecule has 0 aliphatic carbocycles. The van der Waals surface area contributed by atoms with E-state index in [1.165, 1.54) is 12.1 Å². The van der Waals surface area contributed by atoms with Gasteiger partial charge in [0.15, 0.2) is 5.96 Å². The third kappa shape index (κ3) is 8.65. The van der Waals surface area contributed by atoms with Crippen molar-refractivity contribution in [2.45, 2.75) is 26.1 Å². The van der Waals surface area contributed by atoms with Gasteiger partial charge in [0, 0.05) is 31.8 Å². The van der Waals surface area contributed by atoms with Gasteiger partial charge in [-0.3, -0.25) is 10.1 Å². The van der Waals surface area contributed by atoms with Crippen LogP contribution in [0.1, 0.15) is 18.1 Å². The summed E-state index contributed by atoms with van der Waals surface area (Å²) in [5.41, 5.74) is 2.05. The van der Waals surface area contributed by atoms with Crippen LogP contribution < -0.4 is 15.4 Å². The van der Waals surface area contributed by atoms with Crippen molar-refractivity contribution >= 4 is 35.6 Å². The Morgan fingerprint density at radius 1 is 1.10 bits per heavy atom. The van der Waals surface area contributed by atoms with E-state index >= 15 is 0 Å². The SMILES string of the molecule is COCC(C)NC(=NCc1ccc(OC)cc1)NCc1ccc([N+](=O)[O-])cc1.I. The smallest absolute Gasteiger partial charge is 0.269 e. The highest BCUT2D eigenvalue weighted by molar-refractivity contribution is 14.0.